The zero-order valence-electron chi connectivity index (χ0n) is 15.8. The van der Waals surface area contributed by atoms with E-state index in [1.54, 1.807) is 17.3 Å². The van der Waals surface area contributed by atoms with Gasteiger partial charge in [0.25, 0.3) is 5.91 Å². The third-order valence-electron chi connectivity index (χ3n) is 5.83. The van der Waals surface area contributed by atoms with E-state index in [1.165, 1.54) is 6.07 Å². The highest BCUT2D eigenvalue weighted by Gasteiger charge is 2.34. The summed E-state index contributed by atoms with van der Waals surface area (Å²) >= 11 is 0. The number of benzene rings is 1. The van der Waals surface area contributed by atoms with Gasteiger partial charge < -0.3 is 9.88 Å². The molecule has 1 N–H and O–H groups in total. The van der Waals surface area contributed by atoms with Crippen molar-refractivity contribution >= 4 is 22.6 Å². The van der Waals surface area contributed by atoms with E-state index in [2.05, 4.69) is 26.3 Å². The van der Waals surface area contributed by atoms with Crippen molar-refractivity contribution in [3.8, 4) is 0 Å². The molecule has 1 aliphatic heterocycles. The summed E-state index contributed by atoms with van der Waals surface area (Å²) in [6, 6.07) is 5.01. The van der Waals surface area contributed by atoms with Crippen molar-refractivity contribution in [2.24, 2.45) is 5.92 Å². The molecule has 0 saturated carbocycles. The number of aromatic amines is 1. The normalized spacial score (nSPS) is 19.9. The van der Waals surface area contributed by atoms with E-state index in [4.69, 9.17) is 0 Å². The average molecular weight is 395 g/mol. The highest BCUT2D eigenvalue weighted by molar-refractivity contribution is 5.94. The predicted molar refractivity (Wildman–Crippen MR) is 104 cm³/mol. The Bertz CT molecular complexity index is 1230. The zero-order chi connectivity index (χ0) is 20.1. The third-order valence-corrected chi connectivity index (χ3v) is 5.83. The number of nitrogens with one attached hydrogen (secondary N) is 1. The van der Waals surface area contributed by atoms with Crippen LogP contribution in [-0.4, -0.2) is 43.2 Å². The molecule has 2 atom stereocenters. The van der Waals surface area contributed by atoms with E-state index in [0.29, 0.717) is 19.0 Å². The number of hydrogen-bond donors (Lipinski definition) is 1. The lowest BCUT2D eigenvalue weighted by molar-refractivity contribution is 0.0660. The van der Waals surface area contributed by atoms with E-state index >= 15 is 0 Å². The number of carbonyl (C=O) groups excluding carboxylic acids is 1. The van der Waals surface area contributed by atoms with Gasteiger partial charge in [0.05, 0.1) is 29.0 Å². The van der Waals surface area contributed by atoms with E-state index in [0.717, 1.165) is 41.1 Å². The molecule has 0 radical (unpaired) electrons. The first kappa shape index (κ1) is 17.8. The van der Waals surface area contributed by atoms with Gasteiger partial charge in [-0.2, -0.15) is 0 Å². The molecule has 2 unspecified atom stereocenters. The summed E-state index contributed by atoms with van der Waals surface area (Å²) in [7, 11) is 0. The number of halogens is 2. The second-order valence-electron chi connectivity index (χ2n) is 7.59. The Kier molecular flexibility index (Phi) is 4.08. The summed E-state index contributed by atoms with van der Waals surface area (Å²) in [6.45, 7) is 3.09. The number of amides is 1. The van der Waals surface area contributed by atoms with Gasteiger partial charge >= 0.3 is 0 Å². The van der Waals surface area contributed by atoms with Crippen LogP contribution in [0.4, 0.5) is 8.78 Å². The maximum absolute atomic E-state index is 14.1. The Morgan fingerprint density at radius 3 is 2.86 bits per heavy atom. The zero-order valence-corrected chi connectivity index (χ0v) is 15.8. The average Bonchev–Trinajstić information content (AvgIpc) is 3.34. The summed E-state index contributed by atoms with van der Waals surface area (Å²) in [6.07, 6.45) is 6.15. The minimum absolute atomic E-state index is 0.0146. The lowest BCUT2D eigenvalue weighted by Gasteiger charge is -2.36. The van der Waals surface area contributed by atoms with Crippen molar-refractivity contribution in [1.29, 1.82) is 0 Å². The fraction of sp³-hybridized carbons (Fsp3) is 0.286. The van der Waals surface area contributed by atoms with E-state index < -0.39 is 17.5 Å². The van der Waals surface area contributed by atoms with Crippen molar-refractivity contribution in [2.45, 2.75) is 19.3 Å². The number of rotatable bonds is 2. The summed E-state index contributed by atoms with van der Waals surface area (Å²) in [5.41, 5.74) is 2.47. The SMILES string of the molecule is CC1CCN(C(=O)c2ccc(F)cc2F)CC1c1ncc2cnc3[nH]ccc3n12. The molecule has 0 bridgehead atoms. The number of carbonyl (C=O) groups is 1. The van der Waals surface area contributed by atoms with Gasteiger partial charge in [0.15, 0.2) is 5.65 Å². The van der Waals surface area contributed by atoms with E-state index in [9.17, 15) is 13.6 Å². The smallest absolute Gasteiger partial charge is 0.256 e. The summed E-state index contributed by atoms with van der Waals surface area (Å²) in [5.74, 6) is -0.817. The van der Waals surface area contributed by atoms with Crippen LogP contribution in [0.15, 0.2) is 42.9 Å². The number of nitrogens with zero attached hydrogens (tertiary/aromatic N) is 4. The standard InChI is InChI=1S/C21H19F2N5O/c1-12-5-7-27(21(29)15-3-2-13(22)8-17(15)23)11-16(12)20-26-10-14-9-25-19-18(28(14)20)4-6-24-19/h2-4,6,8-10,12,16,24H,5,7,11H2,1H3. The van der Waals surface area contributed by atoms with Crippen molar-refractivity contribution in [3.05, 3.63) is 65.9 Å². The maximum Gasteiger partial charge on any atom is 0.256 e. The first-order valence-corrected chi connectivity index (χ1v) is 9.56. The van der Waals surface area contributed by atoms with Gasteiger partial charge in [-0.05, 0) is 30.5 Å². The first-order valence-electron chi connectivity index (χ1n) is 9.56. The summed E-state index contributed by atoms with van der Waals surface area (Å²) in [4.78, 5) is 26.7. The van der Waals surface area contributed by atoms with E-state index in [-0.39, 0.29) is 11.5 Å². The van der Waals surface area contributed by atoms with Crippen LogP contribution in [-0.2, 0) is 0 Å². The molecule has 0 aliphatic carbocycles. The molecule has 3 aromatic heterocycles. The van der Waals surface area contributed by atoms with Crippen LogP contribution in [0.2, 0.25) is 0 Å². The van der Waals surface area contributed by atoms with Gasteiger partial charge in [0.1, 0.15) is 17.5 Å². The quantitative estimate of drug-likeness (QED) is 0.562. The molecule has 5 rings (SSSR count). The van der Waals surface area contributed by atoms with Crippen LogP contribution in [0, 0.1) is 17.6 Å². The van der Waals surface area contributed by atoms with Gasteiger partial charge in [0.2, 0.25) is 0 Å². The van der Waals surface area contributed by atoms with Crippen LogP contribution in [0.3, 0.4) is 0 Å². The molecule has 0 spiro atoms. The van der Waals surface area contributed by atoms with Crippen molar-refractivity contribution in [1.82, 2.24) is 24.3 Å². The minimum Gasteiger partial charge on any atom is -0.345 e. The predicted octanol–water partition coefficient (Wildman–Crippen LogP) is 3.75. The molecule has 1 aliphatic rings. The van der Waals surface area contributed by atoms with E-state index in [1.807, 2.05) is 12.3 Å². The molecule has 1 aromatic carbocycles. The topological polar surface area (TPSA) is 66.3 Å². The number of fused-ring (bicyclic) bond motifs is 3. The number of piperidine rings is 1. The molecular formula is C21H19F2N5O. The number of aromatic nitrogens is 4. The Labute approximate surface area is 165 Å². The van der Waals surface area contributed by atoms with Crippen LogP contribution < -0.4 is 0 Å². The van der Waals surface area contributed by atoms with Crippen LogP contribution in [0.5, 0.6) is 0 Å². The first-order chi connectivity index (χ1) is 14.0. The molecule has 1 fully saturated rings. The molecule has 4 aromatic rings. The van der Waals surface area contributed by atoms with Gasteiger partial charge in [-0.3, -0.25) is 9.20 Å². The van der Waals surface area contributed by atoms with Gasteiger partial charge in [-0.1, -0.05) is 6.92 Å². The highest BCUT2D eigenvalue weighted by Crippen LogP contribution is 2.33. The molecule has 4 heterocycles. The molecule has 8 heteroatoms. The third kappa shape index (κ3) is 2.86. The lowest BCUT2D eigenvalue weighted by Crippen LogP contribution is -2.43. The number of likely N-dealkylation sites (tertiary alicyclic amines) is 1. The summed E-state index contributed by atoms with van der Waals surface area (Å²) in [5, 5.41) is 0. The van der Waals surface area contributed by atoms with Crippen LogP contribution in [0.1, 0.15) is 35.4 Å². The highest BCUT2D eigenvalue weighted by atomic mass is 19.1. The molecule has 148 valence electrons. The summed E-state index contributed by atoms with van der Waals surface area (Å²) < 4.78 is 29.4. The second-order valence-corrected chi connectivity index (χ2v) is 7.59. The van der Waals surface area contributed by atoms with Gasteiger partial charge in [-0.15, -0.1) is 0 Å². The number of hydrogen-bond acceptors (Lipinski definition) is 3. The van der Waals surface area contributed by atoms with Crippen LogP contribution in [0.25, 0.3) is 16.7 Å². The molecule has 1 amide bonds. The molecule has 6 nitrogen and oxygen atoms in total. The molecule has 29 heavy (non-hydrogen) atoms. The van der Waals surface area contributed by atoms with Crippen LogP contribution >= 0.6 is 0 Å². The lowest BCUT2D eigenvalue weighted by atomic mass is 9.86. The van der Waals surface area contributed by atoms with Crippen molar-refractivity contribution in [3.63, 3.8) is 0 Å². The molecular weight excluding hydrogens is 376 g/mol. The van der Waals surface area contributed by atoms with Gasteiger partial charge in [0, 0.05) is 31.3 Å². The van der Waals surface area contributed by atoms with Crippen molar-refractivity contribution in [2.75, 3.05) is 13.1 Å². The maximum atomic E-state index is 14.1. The Hall–Kier alpha value is -3.29. The number of imidazole rings is 1. The van der Waals surface area contributed by atoms with Gasteiger partial charge in [-0.25, -0.2) is 18.7 Å². The monoisotopic (exact) mass is 395 g/mol. The molecule has 1 saturated heterocycles. The fourth-order valence-electron chi connectivity index (χ4n) is 4.19. The number of H-pyrrole nitrogens is 1. The second kappa shape index (κ2) is 6.65. The largest absolute Gasteiger partial charge is 0.345 e. The Morgan fingerprint density at radius 1 is 1.21 bits per heavy atom. The van der Waals surface area contributed by atoms with Crippen molar-refractivity contribution < 1.29 is 13.6 Å². The fourth-order valence-corrected chi connectivity index (χ4v) is 4.19. The Balaban J connectivity index is 1.52. The Morgan fingerprint density at radius 2 is 2.03 bits per heavy atom. The minimum atomic E-state index is -0.837.